The molecule has 4 aromatic carbocycles. The third kappa shape index (κ3) is 14.9. The second-order valence-electron chi connectivity index (χ2n) is 17.0. The lowest BCUT2D eigenvalue weighted by Gasteiger charge is -2.13. The number of nitrogen functional groups attached to an aromatic ring is 3. The number of aliphatic hydroxyl groups excluding tert-OH is 2. The molecule has 72 heavy (non-hydrogen) atoms. The van der Waals surface area contributed by atoms with Gasteiger partial charge in [0, 0.05) is 42.6 Å². The lowest BCUT2D eigenvalue weighted by atomic mass is 9.84. The maximum Gasteiger partial charge on any atom is 0.214 e. The minimum Gasteiger partial charge on any atom is -0.398 e. The number of nitrogens with one attached hydrogen (secondary N) is 1. The van der Waals surface area contributed by atoms with Gasteiger partial charge in [-0.2, -0.15) is 5.26 Å². The molecule has 0 aliphatic heterocycles. The first-order valence-corrected chi connectivity index (χ1v) is 23.1. The summed E-state index contributed by atoms with van der Waals surface area (Å²) in [6.07, 6.45) is 2.08. The first kappa shape index (κ1) is 56.5. The second-order valence-corrected chi connectivity index (χ2v) is 17.0. The number of nitriles is 1. The standard InChI is InChI=1S/C25H30N6O.C16H17N5O.C9H13NO.C4H3BN.CH4/c1-15-5-7-20(9-10-32)22(11-15)27-13-19-6-8-21-24(12-19)31(25(26)30-21)14-23-18(4)28-16(2)17(3)29-23;1-9-10(2)19-14(11(3)18-9)7-21-15-6-12(8-22)4-5-13(15)20-16(21)17;1-7-2-3-8(4-5-11)9(10)6-7;1-5-3-2-4-6;/h5-8,11-12,27,32H,9-10,13-14H2,1-4H3,(H2,26,30);4-6,8H,7H2,1-3H3,(H2,17,20);2-3,6,11H,4-5,10H2,1H3;1H3;1H4. The summed E-state index contributed by atoms with van der Waals surface area (Å²) in [5.74, 6) is 5.53. The molecule has 0 bridgehead atoms. The second kappa shape index (κ2) is 26.7. The fraction of sp³-hybridized carbons (Fsp3) is 0.309. The summed E-state index contributed by atoms with van der Waals surface area (Å²) in [4.78, 5) is 38.3. The van der Waals surface area contributed by atoms with Crippen molar-refractivity contribution in [3.05, 3.63) is 152 Å². The van der Waals surface area contributed by atoms with Gasteiger partial charge in [0.05, 0.1) is 80.7 Å². The maximum atomic E-state index is 11.0. The Morgan fingerprint density at radius 1 is 0.639 bits per heavy atom. The Morgan fingerprint density at radius 3 is 1.64 bits per heavy atom. The topological polar surface area (TPSA) is 259 Å². The fourth-order valence-electron chi connectivity index (χ4n) is 7.54. The number of fused-ring (bicyclic) bond motifs is 2. The van der Waals surface area contributed by atoms with Crippen molar-refractivity contribution in [2.75, 3.05) is 35.7 Å². The average molecular weight is 969 g/mol. The van der Waals surface area contributed by atoms with Crippen LogP contribution in [0.4, 0.5) is 23.3 Å². The zero-order chi connectivity index (χ0) is 51.8. The van der Waals surface area contributed by atoms with Crippen molar-refractivity contribution in [3.8, 4) is 17.8 Å². The molecule has 0 unspecified atom stereocenters. The summed E-state index contributed by atoms with van der Waals surface area (Å²) in [5.41, 5.74) is 36.6. The Kier molecular flexibility index (Phi) is 21.0. The Labute approximate surface area is 424 Å². The molecule has 16 nitrogen and oxygen atoms in total. The fourth-order valence-corrected chi connectivity index (χ4v) is 7.54. The lowest BCUT2D eigenvalue weighted by Crippen LogP contribution is -2.10. The van der Waals surface area contributed by atoms with Crippen LogP contribution in [0.1, 0.15) is 91.2 Å². The van der Waals surface area contributed by atoms with Gasteiger partial charge in [-0.1, -0.05) is 44.6 Å². The van der Waals surface area contributed by atoms with Crippen LogP contribution in [-0.4, -0.2) is 76.0 Å². The molecule has 0 saturated carbocycles. The van der Waals surface area contributed by atoms with Crippen LogP contribution in [0, 0.1) is 78.5 Å². The molecule has 0 saturated heterocycles. The number of carbonyl (C=O) groups is 1. The number of nitrogens with two attached hydrogens (primary N) is 3. The molecule has 4 heterocycles. The monoisotopic (exact) mass is 969 g/mol. The normalized spacial score (nSPS) is 10.2. The van der Waals surface area contributed by atoms with Crippen molar-refractivity contribution in [3.63, 3.8) is 0 Å². The van der Waals surface area contributed by atoms with Gasteiger partial charge < -0.3 is 41.9 Å². The molecule has 0 aliphatic rings. The van der Waals surface area contributed by atoms with E-state index in [9.17, 15) is 9.90 Å². The van der Waals surface area contributed by atoms with E-state index in [0.29, 0.717) is 49.9 Å². The highest BCUT2D eigenvalue weighted by Gasteiger charge is 2.15. The van der Waals surface area contributed by atoms with Crippen LogP contribution in [0.3, 0.4) is 0 Å². The third-order valence-corrected chi connectivity index (χ3v) is 11.6. The number of anilines is 4. The van der Waals surface area contributed by atoms with Gasteiger partial charge in [0.2, 0.25) is 19.2 Å². The minimum absolute atomic E-state index is 0. The highest BCUT2D eigenvalue weighted by molar-refractivity contribution is 6.44. The Morgan fingerprint density at radius 2 is 1.14 bits per heavy atom. The van der Waals surface area contributed by atoms with Crippen molar-refractivity contribution >= 4 is 58.9 Å². The van der Waals surface area contributed by atoms with Gasteiger partial charge in [0.1, 0.15) is 6.29 Å². The number of imidazole rings is 2. The van der Waals surface area contributed by atoms with Crippen molar-refractivity contribution < 1.29 is 15.0 Å². The quantitative estimate of drug-likeness (QED) is 0.0294. The van der Waals surface area contributed by atoms with Crippen LogP contribution in [-0.2, 0) is 32.5 Å². The third-order valence-electron chi connectivity index (χ3n) is 11.6. The van der Waals surface area contributed by atoms with Crippen molar-refractivity contribution in [1.29, 1.82) is 5.26 Å². The number of nitrogens with zero attached hydrogens (tertiary/aromatic N) is 9. The smallest absolute Gasteiger partial charge is 0.214 e. The summed E-state index contributed by atoms with van der Waals surface area (Å²) < 4.78 is 3.85. The lowest BCUT2D eigenvalue weighted by molar-refractivity contribution is 0.112. The highest BCUT2D eigenvalue weighted by atomic mass is 16.3. The number of rotatable bonds is 12. The van der Waals surface area contributed by atoms with Gasteiger partial charge in [-0.25, -0.2) is 9.97 Å². The molecule has 8 aromatic rings. The van der Waals surface area contributed by atoms with E-state index in [1.54, 1.807) is 38.4 Å². The molecule has 373 valence electrons. The maximum absolute atomic E-state index is 11.0. The number of aldehydes is 1. The molecule has 4 aromatic heterocycles. The van der Waals surface area contributed by atoms with Crippen LogP contribution in [0.25, 0.3) is 22.1 Å². The van der Waals surface area contributed by atoms with E-state index in [0.717, 1.165) is 108 Å². The summed E-state index contributed by atoms with van der Waals surface area (Å²) >= 11 is 0. The SMILES string of the molecule is C.C[B]C#CC#N.Cc1ccc(CCO)c(N)c1.Cc1ccc(CCO)c(NCc2ccc3nc(N)n(Cc4nc(C)c(C)nc4C)c3c2)c1.Cc1nc(C)c(Cn2c(N)nc3ccc(C=O)cc32)nc1C. The van der Waals surface area contributed by atoms with E-state index in [4.69, 9.17) is 32.6 Å². The van der Waals surface area contributed by atoms with E-state index in [-0.39, 0.29) is 20.6 Å². The molecule has 0 aliphatic carbocycles. The highest BCUT2D eigenvalue weighted by Crippen LogP contribution is 2.25. The summed E-state index contributed by atoms with van der Waals surface area (Å²) in [5, 5.41) is 29.3. The van der Waals surface area contributed by atoms with Gasteiger partial charge in [-0.3, -0.25) is 24.7 Å². The summed E-state index contributed by atoms with van der Waals surface area (Å²) in [6, 6.07) is 25.3. The van der Waals surface area contributed by atoms with E-state index in [1.807, 2.05) is 81.9 Å². The molecular formula is C55H67BN13O3. The number of aromatic nitrogens is 8. The first-order valence-electron chi connectivity index (χ1n) is 23.1. The van der Waals surface area contributed by atoms with Crippen molar-refractivity contribution in [1.82, 2.24) is 39.0 Å². The minimum atomic E-state index is 0. The van der Waals surface area contributed by atoms with E-state index >= 15 is 0 Å². The Hall–Kier alpha value is -8.12. The van der Waals surface area contributed by atoms with Gasteiger partial charge in [0.15, 0.2) is 6.07 Å². The molecular weight excluding hydrogens is 902 g/mol. The number of aliphatic hydroxyl groups is 2. The zero-order valence-electron chi connectivity index (χ0n) is 42.1. The van der Waals surface area contributed by atoms with Crippen LogP contribution >= 0.6 is 0 Å². The van der Waals surface area contributed by atoms with Crippen molar-refractivity contribution in [2.24, 2.45) is 0 Å². The number of aryl methyl sites for hydroxylation is 8. The molecule has 8 rings (SSSR count). The first-order chi connectivity index (χ1) is 34.0. The number of benzene rings is 4. The predicted molar refractivity (Wildman–Crippen MR) is 292 cm³/mol. The van der Waals surface area contributed by atoms with Crippen LogP contribution in [0.15, 0.2) is 72.8 Å². The van der Waals surface area contributed by atoms with Gasteiger partial charge >= 0.3 is 0 Å². The van der Waals surface area contributed by atoms with Crippen LogP contribution in [0.5, 0.6) is 0 Å². The summed E-state index contributed by atoms with van der Waals surface area (Å²) in [7, 11) is 1.63. The van der Waals surface area contributed by atoms with E-state index in [1.165, 1.54) is 5.56 Å². The molecule has 0 atom stereocenters. The number of hydrogen-bond donors (Lipinski definition) is 6. The van der Waals surface area contributed by atoms with Crippen molar-refractivity contribution in [2.45, 2.75) is 102 Å². The molecule has 0 fully saturated rings. The number of hydrogen-bond acceptors (Lipinski definition) is 14. The summed E-state index contributed by atoms with van der Waals surface area (Å²) in [6.45, 7) is 19.5. The average Bonchev–Trinajstić information content (AvgIpc) is 3.83. The largest absolute Gasteiger partial charge is 0.398 e. The van der Waals surface area contributed by atoms with Crippen LogP contribution < -0.4 is 22.5 Å². The number of carbonyl (C=O) groups excluding carboxylic acids is 1. The Bertz CT molecular complexity index is 3250. The molecule has 0 spiro atoms. The molecule has 9 N–H and O–H groups in total. The Balaban J connectivity index is 0.000000242. The van der Waals surface area contributed by atoms with E-state index < -0.39 is 0 Å². The predicted octanol–water partition coefficient (Wildman–Crippen LogP) is 8.00. The van der Waals surface area contributed by atoms with Crippen LogP contribution in [0.2, 0.25) is 6.82 Å². The van der Waals surface area contributed by atoms with E-state index in [2.05, 4.69) is 79.2 Å². The molecule has 0 amide bonds. The van der Waals surface area contributed by atoms with Gasteiger partial charge in [0.25, 0.3) is 0 Å². The van der Waals surface area contributed by atoms with Gasteiger partial charge in [-0.05, 0) is 139 Å². The zero-order valence-corrected chi connectivity index (χ0v) is 42.1. The molecule has 17 heteroatoms. The molecule has 1 radical (unpaired) electrons. The van der Waals surface area contributed by atoms with Gasteiger partial charge in [-0.15, -0.1) is 5.82 Å².